The molecule has 0 aliphatic rings. The zero-order chi connectivity index (χ0) is 13.5. The monoisotopic (exact) mass is 254 g/mol. The zero-order valence-corrected chi connectivity index (χ0v) is 10.3. The van der Waals surface area contributed by atoms with Crippen molar-refractivity contribution in [3.05, 3.63) is 24.0 Å². The Morgan fingerprint density at radius 1 is 1.50 bits per heavy atom. The third kappa shape index (κ3) is 3.59. The summed E-state index contributed by atoms with van der Waals surface area (Å²) in [6.45, 7) is 2.41. The van der Waals surface area contributed by atoms with Gasteiger partial charge in [-0.25, -0.2) is 4.79 Å². The van der Waals surface area contributed by atoms with Gasteiger partial charge in [-0.2, -0.15) is 0 Å². The lowest BCUT2D eigenvalue weighted by Gasteiger charge is -2.14. The lowest BCUT2D eigenvalue weighted by molar-refractivity contribution is -0.139. The molecular weight excluding hydrogens is 236 g/mol. The molecular formula is C12H18N2O4. The number of carbonyl (C=O) groups excluding carboxylic acids is 1. The average Bonchev–Trinajstić information content (AvgIpc) is 2.77. The number of hydrogen-bond donors (Lipinski definition) is 3. The van der Waals surface area contributed by atoms with Gasteiger partial charge in [-0.05, 0) is 18.6 Å². The summed E-state index contributed by atoms with van der Waals surface area (Å²) in [6, 6.07) is 2.32. The van der Waals surface area contributed by atoms with E-state index in [0.717, 1.165) is 6.42 Å². The molecule has 0 bridgehead atoms. The number of carboxylic acids is 1. The lowest BCUT2D eigenvalue weighted by Crippen LogP contribution is -2.42. The molecule has 0 aliphatic carbocycles. The van der Waals surface area contributed by atoms with Gasteiger partial charge in [0, 0.05) is 25.8 Å². The topological polar surface area (TPSA) is 91.6 Å². The van der Waals surface area contributed by atoms with E-state index in [9.17, 15) is 9.59 Å². The number of aliphatic hydroxyl groups excluding tert-OH is 1. The number of aliphatic carboxylic acids is 1. The number of rotatable bonds is 7. The zero-order valence-electron chi connectivity index (χ0n) is 10.3. The second-order valence-electron chi connectivity index (χ2n) is 3.96. The van der Waals surface area contributed by atoms with E-state index >= 15 is 0 Å². The van der Waals surface area contributed by atoms with Crippen molar-refractivity contribution in [2.75, 3.05) is 6.61 Å². The summed E-state index contributed by atoms with van der Waals surface area (Å²) in [7, 11) is 0. The Balaban J connectivity index is 2.74. The number of aryl methyl sites for hydroxylation is 1. The predicted octanol–water partition coefficient (Wildman–Crippen LogP) is 0.463. The van der Waals surface area contributed by atoms with Crippen molar-refractivity contribution >= 4 is 11.9 Å². The fraction of sp³-hybridized carbons (Fsp3) is 0.500. The summed E-state index contributed by atoms with van der Waals surface area (Å²) in [5.41, 5.74) is 0.432. The van der Waals surface area contributed by atoms with Crippen LogP contribution < -0.4 is 5.32 Å². The second kappa shape index (κ2) is 6.80. The van der Waals surface area contributed by atoms with E-state index in [2.05, 4.69) is 5.32 Å². The van der Waals surface area contributed by atoms with E-state index in [-0.39, 0.29) is 13.0 Å². The van der Waals surface area contributed by atoms with Crippen LogP contribution in [0.4, 0.5) is 0 Å². The van der Waals surface area contributed by atoms with Crippen LogP contribution >= 0.6 is 0 Å². The number of carboxylic acid groups (broad SMARTS) is 1. The van der Waals surface area contributed by atoms with Crippen LogP contribution in [0.1, 0.15) is 30.3 Å². The quantitative estimate of drug-likeness (QED) is 0.659. The number of aliphatic hydroxyl groups is 1. The van der Waals surface area contributed by atoms with Gasteiger partial charge in [-0.15, -0.1) is 0 Å². The number of aromatic nitrogens is 1. The minimum Gasteiger partial charge on any atom is -0.480 e. The average molecular weight is 254 g/mol. The molecule has 1 amide bonds. The molecule has 0 unspecified atom stereocenters. The summed E-state index contributed by atoms with van der Waals surface area (Å²) < 4.78 is 1.77. The number of amides is 1. The molecule has 0 aliphatic heterocycles. The molecule has 1 atom stereocenters. The van der Waals surface area contributed by atoms with E-state index in [1.54, 1.807) is 22.9 Å². The van der Waals surface area contributed by atoms with Crippen molar-refractivity contribution in [3.63, 3.8) is 0 Å². The Bertz CT molecular complexity index is 414. The van der Waals surface area contributed by atoms with Crippen molar-refractivity contribution < 1.29 is 19.8 Å². The van der Waals surface area contributed by atoms with E-state index < -0.39 is 17.9 Å². The van der Waals surface area contributed by atoms with Crippen molar-refractivity contribution in [2.45, 2.75) is 32.4 Å². The fourth-order valence-electron chi connectivity index (χ4n) is 1.67. The molecule has 6 nitrogen and oxygen atoms in total. The number of nitrogens with one attached hydrogen (secondary N) is 1. The highest BCUT2D eigenvalue weighted by molar-refractivity contribution is 5.95. The molecule has 0 radical (unpaired) electrons. The molecule has 0 saturated heterocycles. The van der Waals surface area contributed by atoms with E-state index in [4.69, 9.17) is 10.2 Å². The van der Waals surface area contributed by atoms with Crippen LogP contribution in [-0.2, 0) is 11.3 Å². The summed E-state index contributed by atoms with van der Waals surface area (Å²) in [5.74, 6) is -1.58. The molecule has 1 heterocycles. The van der Waals surface area contributed by atoms with E-state index in [0.29, 0.717) is 12.2 Å². The van der Waals surface area contributed by atoms with Gasteiger partial charge in [0.25, 0.3) is 5.91 Å². The van der Waals surface area contributed by atoms with Gasteiger partial charge >= 0.3 is 5.97 Å². The van der Waals surface area contributed by atoms with Crippen LogP contribution in [0.5, 0.6) is 0 Å². The first-order chi connectivity index (χ1) is 8.60. The third-order valence-electron chi connectivity index (χ3n) is 2.55. The molecule has 1 aromatic heterocycles. The molecule has 1 aromatic rings. The van der Waals surface area contributed by atoms with Crippen molar-refractivity contribution in [1.82, 2.24) is 9.88 Å². The molecule has 0 spiro atoms. The minimum atomic E-state index is -1.15. The molecule has 3 N–H and O–H groups in total. The highest BCUT2D eigenvalue weighted by Crippen LogP contribution is 2.05. The molecule has 100 valence electrons. The summed E-state index contributed by atoms with van der Waals surface area (Å²) in [6.07, 6.45) is 2.66. The fourth-order valence-corrected chi connectivity index (χ4v) is 1.67. The van der Waals surface area contributed by atoms with E-state index in [1.807, 2.05) is 6.92 Å². The number of nitrogens with zero attached hydrogens (tertiary/aromatic N) is 1. The van der Waals surface area contributed by atoms with Crippen LogP contribution in [0, 0.1) is 0 Å². The maximum Gasteiger partial charge on any atom is 0.326 e. The van der Waals surface area contributed by atoms with Gasteiger partial charge in [-0.3, -0.25) is 4.79 Å². The van der Waals surface area contributed by atoms with E-state index in [1.165, 1.54) is 0 Å². The lowest BCUT2D eigenvalue weighted by atomic mass is 10.2. The Hall–Kier alpha value is -1.82. The van der Waals surface area contributed by atoms with Gasteiger partial charge in [0.15, 0.2) is 0 Å². The smallest absolute Gasteiger partial charge is 0.326 e. The number of hydrogen-bond acceptors (Lipinski definition) is 3. The van der Waals surface area contributed by atoms with Crippen LogP contribution in [-0.4, -0.2) is 39.3 Å². The maximum absolute atomic E-state index is 11.9. The first kappa shape index (κ1) is 14.2. The normalized spacial score (nSPS) is 12.1. The van der Waals surface area contributed by atoms with Gasteiger partial charge < -0.3 is 20.1 Å². The first-order valence-electron chi connectivity index (χ1n) is 5.89. The predicted molar refractivity (Wildman–Crippen MR) is 65.3 cm³/mol. The van der Waals surface area contributed by atoms with Crippen LogP contribution in [0.3, 0.4) is 0 Å². The van der Waals surface area contributed by atoms with Gasteiger partial charge in [0.2, 0.25) is 0 Å². The van der Waals surface area contributed by atoms with Crippen LogP contribution in [0.15, 0.2) is 18.3 Å². The Morgan fingerprint density at radius 2 is 2.22 bits per heavy atom. The molecule has 0 fully saturated rings. The van der Waals surface area contributed by atoms with Gasteiger partial charge in [-0.1, -0.05) is 6.92 Å². The Kier molecular flexibility index (Phi) is 5.38. The summed E-state index contributed by atoms with van der Waals surface area (Å²) in [4.78, 5) is 22.8. The van der Waals surface area contributed by atoms with Crippen molar-refractivity contribution in [1.29, 1.82) is 0 Å². The molecule has 1 rings (SSSR count). The molecule has 18 heavy (non-hydrogen) atoms. The van der Waals surface area contributed by atoms with Gasteiger partial charge in [0.1, 0.15) is 11.7 Å². The molecule has 6 heteroatoms. The Labute approximate surface area is 105 Å². The summed E-state index contributed by atoms with van der Waals surface area (Å²) in [5, 5.41) is 20.0. The van der Waals surface area contributed by atoms with Crippen LogP contribution in [0.25, 0.3) is 0 Å². The highest BCUT2D eigenvalue weighted by Gasteiger charge is 2.21. The first-order valence-corrected chi connectivity index (χ1v) is 5.89. The SMILES string of the molecule is CCCn1cccc1C(=O)N[C@@H](CCO)C(=O)O. The van der Waals surface area contributed by atoms with Crippen molar-refractivity contribution in [2.24, 2.45) is 0 Å². The number of carbonyl (C=O) groups is 2. The maximum atomic E-state index is 11.9. The molecule has 0 saturated carbocycles. The minimum absolute atomic E-state index is 0.00441. The highest BCUT2D eigenvalue weighted by atomic mass is 16.4. The van der Waals surface area contributed by atoms with Crippen molar-refractivity contribution in [3.8, 4) is 0 Å². The second-order valence-corrected chi connectivity index (χ2v) is 3.96. The third-order valence-corrected chi connectivity index (χ3v) is 2.55. The largest absolute Gasteiger partial charge is 0.480 e. The molecule has 0 aromatic carbocycles. The van der Waals surface area contributed by atoms with Crippen LogP contribution in [0.2, 0.25) is 0 Å². The van der Waals surface area contributed by atoms with Gasteiger partial charge in [0.05, 0.1) is 0 Å². The summed E-state index contributed by atoms with van der Waals surface area (Å²) >= 11 is 0. The Morgan fingerprint density at radius 3 is 2.78 bits per heavy atom. The standard InChI is InChI=1S/C12H18N2O4/c1-2-6-14-7-3-4-10(14)11(16)13-9(5-8-15)12(17)18/h3-4,7,9,15H,2,5-6,8H2,1H3,(H,13,16)(H,17,18)/t9-/m0/s1.